The number of likely N-dealkylation sites (tertiary alicyclic amines) is 1. The number of benzene rings is 2. The summed E-state index contributed by atoms with van der Waals surface area (Å²) in [6.45, 7) is 3.51. The molecule has 0 spiro atoms. The predicted octanol–water partition coefficient (Wildman–Crippen LogP) is 4.67. The molecule has 2 aromatic heterocycles. The number of carbonyl (C=O) groups is 2. The van der Waals surface area contributed by atoms with Crippen molar-refractivity contribution in [2.45, 2.75) is 38.0 Å². The molecule has 2 saturated heterocycles. The molecule has 0 atom stereocenters. The second-order valence-corrected chi connectivity index (χ2v) is 11.9. The molecule has 7 rings (SSSR count). The summed E-state index contributed by atoms with van der Waals surface area (Å²) in [7, 11) is 1.72. The van der Waals surface area contributed by atoms with Crippen LogP contribution in [0.3, 0.4) is 0 Å². The van der Waals surface area contributed by atoms with Crippen LogP contribution >= 0.6 is 11.6 Å². The third kappa shape index (κ3) is 5.19. The summed E-state index contributed by atoms with van der Waals surface area (Å²) in [6.07, 6.45) is 6.00. The molecule has 0 radical (unpaired) electrons. The number of amides is 3. The number of piperidine rings is 1. The van der Waals surface area contributed by atoms with E-state index < -0.39 is 0 Å². The summed E-state index contributed by atoms with van der Waals surface area (Å²) in [4.78, 5) is 42.0. The molecule has 3 aliphatic heterocycles. The average Bonchev–Trinajstić information content (AvgIpc) is 3.27. The molecule has 0 aliphatic carbocycles. The van der Waals surface area contributed by atoms with Gasteiger partial charge >= 0.3 is 6.03 Å². The first-order chi connectivity index (χ1) is 21.0. The number of carbonyl (C=O) groups excluding carboxylic acids is 2. The molecule has 0 saturated carbocycles. The van der Waals surface area contributed by atoms with Gasteiger partial charge in [0.25, 0.3) is 0 Å². The summed E-state index contributed by atoms with van der Waals surface area (Å²) in [5.41, 5.74) is 4.51. The van der Waals surface area contributed by atoms with Gasteiger partial charge in [-0.25, -0.2) is 14.8 Å². The highest BCUT2D eigenvalue weighted by atomic mass is 35.5. The normalized spacial score (nSPS) is 17.9. The Labute approximate surface area is 255 Å². The summed E-state index contributed by atoms with van der Waals surface area (Å²) in [6, 6.07) is 15.7. The molecule has 1 N–H and O–H groups in total. The van der Waals surface area contributed by atoms with Crippen molar-refractivity contribution >= 4 is 46.1 Å². The second kappa shape index (κ2) is 11.5. The van der Waals surface area contributed by atoms with Crippen LogP contribution in [0.4, 0.5) is 16.3 Å². The van der Waals surface area contributed by atoms with Crippen LogP contribution in [-0.2, 0) is 22.5 Å². The monoisotopic (exact) mass is 599 g/mol. The zero-order chi connectivity index (χ0) is 29.5. The van der Waals surface area contributed by atoms with Gasteiger partial charge in [-0.2, -0.15) is 0 Å². The maximum Gasteiger partial charge on any atom is 0.322 e. The first-order valence-corrected chi connectivity index (χ1v) is 15.2. The van der Waals surface area contributed by atoms with Gasteiger partial charge in [-0.15, -0.1) is 0 Å². The highest BCUT2D eigenvalue weighted by Gasteiger charge is 2.33. The number of nitrogens with one attached hydrogen (secondary N) is 1. The number of hydrogen-bond donors (Lipinski definition) is 1. The van der Waals surface area contributed by atoms with Crippen molar-refractivity contribution in [2.75, 3.05) is 50.1 Å². The highest BCUT2D eigenvalue weighted by Crippen LogP contribution is 2.39. The Kier molecular flexibility index (Phi) is 7.40. The molecule has 5 heterocycles. The molecule has 0 bridgehead atoms. The fourth-order valence-electron chi connectivity index (χ4n) is 6.52. The number of rotatable bonds is 6. The van der Waals surface area contributed by atoms with Gasteiger partial charge in [0, 0.05) is 73.9 Å². The Hall–Kier alpha value is -4.15. The minimum absolute atomic E-state index is 0.0253. The minimum atomic E-state index is -0.0600. The predicted molar refractivity (Wildman–Crippen MR) is 166 cm³/mol. The number of aromatic nitrogens is 3. The number of fused-ring (bicyclic) bond motifs is 2. The lowest BCUT2D eigenvalue weighted by Gasteiger charge is -2.39. The van der Waals surface area contributed by atoms with Crippen molar-refractivity contribution in [1.82, 2.24) is 24.3 Å². The molecule has 2 fully saturated rings. The number of methoxy groups -OCH3 is 1. The largest absolute Gasteiger partial charge is 0.378 e. The summed E-state index contributed by atoms with van der Waals surface area (Å²) < 4.78 is 7.41. The fraction of sp³-hybridized carbons (Fsp3) is 0.375. The molecule has 2 aromatic carbocycles. The van der Waals surface area contributed by atoms with E-state index in [1.807, 2.05) is 63.0 Å². The lowest BCUT2D eigenvalue weighted by molar-refractivity contribution is -0.133. The van der Waals surface area contributed by atoms with E-state index in [4.69, 9.17) is 16.3 Å². The maximum absolute atomic E-state index is 13.7. The van der Waals surface area contributed by atoms with Crippen LogP contribution in [0, 0.1) is 0 Å². The van der Waals surface area contributed by atoms with Crippen molar-refractivity contribution in [3.05, 3.63) is 71.6 Å². The van der Waals surface area contributed by atoms with Crippen molar-refractivity contribution in [1.29, 1.82) is 0 Å². The highest BCUT2D eigenvalue weighted by molar-refractivity contribution is 6.33. The molecule has 10 nitrogen and oxygen atoms in total. The van der Waals surface area contributed by atoms with Gasteiger partial charge in [0.2, 0.25) is 5.91 Å². The summed E-state index contributed by atoms with van der Waals surface area (Å²) in [5, 5.41) is 4.58. The zero-order valence-corrected chi connectivity index (χ0v) is 24.8. The van der Waals surface area contributed by atoms with Gasteiger partial charge in [0.05, 0.1) is 11.5 Å². The van der Waals surface area contributed by atoms with Gasteiger partial charge in [0.15, 0.2) is 0 Å². The molecule has 222 valence electrons. The van der Waals surface area contributed by atoms with Crippen molar-refractivity contribution in [2.24, 2.45) is 0 Å². The van der Waals surface area contributed by atoms with E-state index >= 15 is 0 Å². The summed E-state index contributed by atoms with van der Waals surface area (Å²) >= 11 is 6.65. The van der Waals surface area contributed by atoms with Gasteiger partial charge < -0.3 is 29.3 Å². The Bertz CT molecular complexity index is 1680. The van der Waals surface area contributed by atoms with E-state index in [2.05, 4.69) is 26.3 Å². The molecule has 43 heavy (non-hydrogen) atoms. The van der Waals surface area contributed by atoms with Gasteiger partial charge in [-0.1, -0.05) is 48.0 Å². The minimum Gasteiger partial charge on any atom is -0.378 e. The van der Waals surface area contributed by atoms with Gasteiger partial charge in [-0.05, 0) is 37.0 Å². The molecular formula is C32H34ClN7O3. The standard InChI is InChI=1S/C32H34ClN7O3/c1-43-23-16-38(17-23)30-29-25(24-7-3-4-8-26(24)33)18-39(31(29)35-20-34-30)19-28(41)37-13-11-22(12-14-37)40-15-10-21-6-2-5-9-27(21)36-32(40)42/h2-9,18,20,22-23H,10-17,19H2,1H3,(H,36,42). The van der Waals surface area contributed by atoms with Crippen molar-refractivity contribution < 1.29 is 14.3 Å². The van der Waals surface area contributed by atoms with Crippen LogP contribution < -0.4 is 10.2 Å². The third-order valence-electron chi connectivity index (χ3n) is 8.98. The van der Waals surface area contributed by atoms with Crippen LogP contribution in [0.5, 0.6) is 0 Å². The summed E-state index contributed by atoms with van der Waals surface area (Å²) in [5.74, 6) is 0.843. The third-order valence-corrected chi connectivity index (χ3v) is 9.31. The smallest absolute Gasteiger partial charge is 0.322 e. The van der Waals surface area contributed by atoms with E-state index in [9.17, 15) is 9.59 Å². The quantitative estimate of drug-likeness (QED) is 0.346. The van der Waals surface area contributed by atoms with Gasteiger partial charge in [-0.3, -0.25) is 4.79 Å². The Balaban J connectivity index is 1.09. The number of urea groups is 1. The van der Waals surface area contributed by atoms with Crippen LogP contribution in [-0.4, -0.2) is 88.3 Å². The van der Waals surface area contributed by atoms with E-state index in [-0.39, 0.29) is 30.6 Å². The van der Waals surface area contributed by atoms with Crippen molar-refractivity contribution in [3.8, 4) is 11.1 Å². The van der Waals surface area contributed by atoms with E-state index in [0.717, 1.165) is 65.9 Å². The number of hydrogen-bond acceptors (Lipinski definition) is 6. The Morgan fingerprint density at radius 1 is 1.02 bits per heavy atom. The molecule has 3 aliphatic rings. The number of para-hydroxylation sites is 1. The lowest BCUT2D eigenvalue weighted by atomic mass is 10.0. The van der Waals surface area contributed by atoms with E-state index in [1.54, 1.807) is 13.4 Å². The van der Waals surface area contributed by atoms with Gasteiger partial charge in [0.1, 0.15) is 24.3 Å². The molecule has 3 amide bonds. The van der Waals surface area contributed by atoms with Crippen LogP contribution in [0.2, 0.25) is 5.02 Å². The molecule has 11 heteroatoms. The fourth-order valence-corrected chi connectivity index (χ4v) is 6.76. The first kappa shape index (κ1) is 27.7. The lowest BCUT2D eigenvalue weighted by Crippen LogP contribution is -2.52. The van der Waals surface area contributed by atoms with Crippen LogP contribution in [0.15, 0.2) is 61.1 Å². The van der Waals surface area contributed by atoms with Crippen LogP contribution in [0.1, 0.15) is 18.4 Å². The van der Waals surface area contributed by atoms with E-state index in [1.165, 1.54) is 0 Å². The molecular weight excluding hydrogens is 566 g/mol. The number of halogens is 1. The molecule has 4 aromatic rings. The number of anilines is 2. The second-order valence-electron chi connectivity index (χ2n) is 11.5. The number of ether oxygens (including phenoxy) is 1. The number of nitrogens with zero attached hydrogens (tertiary/aromatic N) is 6. The maximum atomic E-state index is 13.7. The first-order valence-electron chi connectivity index (χ1n) is 14.8. The average molecular weight is 600 g/mol. The molecule has 0 unspecified atom stereocenters. The SMILES string of the molecule is COC1CN(c2ncnc3c2c(-c2ccccc2Cl)cn3CC(=O)N2CCC(N3CCc4ccccc4NC3=O)CC2)C1. The van der Waals surface area contributed by atoms with Crippen LogP contribution in [0.25, 0.3) is 22.2 Å². The van der Waals surface area contributed by atoms with Crippen molar-refractivity contribution in [3.63, 3.8) is 0 Å². The Morgan fingerprint density at radius 3 is 2.58 bits per heavy atom. The zero-order valence-electron chi connectivity index (χ0n) is 24.1. The topological polar surface area (TPSA) is 95.8 Å². The van der Waals surface area contributed by atoms with E-state index in [0.29, 0.717) is 30.3 Å². The Morgan fingerprint density at radius 2 is 1.79 bits per heavy atom.